The molecule has 2 aliphatic rings. The zero-order valence-electron chi connectivity index (χ0n) is 19.4. The normalized spacial score (nSPS) is 24.4. The SMILES string of the molecule is COCOc1cc(-c2cn[nH]c2)ccc1-c1nnc(N(C)[C@@H]2CC3CCC([C@@H]2F)N3B(C)O)s1. The van der Waals surface area contributed by atoms with Crippen LogP contribution in [0.5, 0.6) is 5.75 Å². The van der Waals surface area contributed by atoms with Gasteiger partial charge in [-0.3, -0.25) is 5.10 Å². The Bertz CT molecular complexity index is 1120. The van der Waals surface area contributed by atoms with E-state index in [9.17, 15) is 5.02 Å². The van der Waals surface area contributed by atoms with Crippen molar-refractivity contribution >= 4 is 23.5 Å². The van der Waals surface area contributed by atoms with Gasteiger partial charge in [0.05, 0.1) is 17.8 Å². The van der Waals surface area contributed by atoms with Crippen LogP contribution in [-0.2, 0) is 4.74 Å². The van der Waals surface area contributed by atoms with Gasteiger partial charge in [0.2, 0.25) is 5.13 Å². The largest absolute Gasteiger partial charge is 0.467 e. The molecule has 0 radical (unpaired) electrons. The first-order valence-electron chi connectivity index (χ1n) is 11.4. The molecule has 2 aromatic heterocycles. The predicted octanol–water partition coefficient (Wildman–Crippen LogP) is 3.07. The fourth-order valence-corrected chi connectivity index (χ4v) is 6.15. The Labute approximate surface area is 202 Å². The first-order chi connectivity index (χ1) is 16.5. The van der Waals surface area contributed by atoms with Crippen molar-refractivity contribution in [3.63, 3.8) is 0 Å². The van der Waals surface area contributed by atoms with Crippen molar-refractivity contribution in [2.24, 2.45) is 0 Å². The van der Waals surface area contributed by atoms with Gasteiger partial charge in [-0.2, -0.15) is 5.10 Å². The van der Waals surface area contributed by atoms with Crippen LogP contribution in [0.2, 0.25) is 6.82 Å². The topological polar surface area (TPSA) is 99.6 Å². The average molecular weight is 486 g/mol. The number of aromatic amines is 1. The standard InChI is InChI=1S/C22H28BFN6O3S/c1-23(31)30-15-5-7-17(30)20(24)18(9-15)29(2)22-28-27-21(34-22)16-6-4-13(14-10-25-26-11-14)8-19(16)33-12-32-3/h4,6,8,10-11,15,17-18,20,31H,5,7,9,12H2,1-3H3,(H,25,26)/t15?,17?,18-,20+/m1/s1. The van der Waals surface area contributed by atoms with Gasteiger partial charge in [0.25, 0.3) is 0 Å². The summed E-state index contributed by atoms with van der Waals surface area (Å²) in [6, 6.07) is 5.46. The molecular weight excluding hydrogens is 458 g/mol. The van der Waals surface area contributed by atoms with Crippen molar-refractivity contribution in [1.29, 1.82) is 0 Å². The molecule has 2 aliphatic heterocycles. The summed E-state index contributed by atoms with van der Waals surface area (Å²) in [6.45, 7) is 1.82. The van der Waals surface area contributed by atoms with Crippen LogP contribution in [0.3, 0.4) is 0 Å². The third-order valence-electron chi connectivity index (χ3n) is 6.87. The van der Waals surface area contributed by atoms with Gasteiger partial charge in [0.1, 0.15) is 11.9 Å². The Kier molecular flexibility index (Phi) is 6.56. The lowest BCUT2D eigenvalue weighted by atomic mass is 9.78. The number of fused-ring (bicyclic) bond motifs is 2. The molecule has 1 aromatic carbocycles. The number of H-pyrrole nitrogens is 1. The monoisotopic (exact) mass is 486 g/mol. The zero-order valence-corrected chi connectivity index (χ0v) is 20.2. The number of anilines is 1. The second-order valence-electron chi connectivity index (χ2n) is 8.87. The number of halogens is 1. The molecule has 2 unspecified atom stereocenters. The van der Waals surface area contributed by atoms with Gasteiger partial charge >= 0.3 is 7.05 Å². The fraction of sp³-hybridized carbons (Fsp3) is 0.500. The minimum atomic E-state index is -1.07. The van der Waals surface area contributed by atoms with E-state index < -0.39 is 13.2 Å². The molecule has 0 amide bonds. The number of benzene rings is 1. The van der Waals surface area contributed by atoms with E-state index >= 15 is 4.39 Å². The summed E-state index contributed by atoms with van der Waals surface area (Å²) in [5, 5.41) is 27.1. The molecule has 0 aliphatic carbocycles. The number of aromatic nitrogens is 4. The lowest BCUT2D eigenvalue weighted by Gasteiger charge is -2.44. The first-order valence-corrected chi connectivity index (χ1v) is 12.2. The highest BCUT2D eigenvalue weighted by Crippen LogP contribution is 2.42. The number of ether oxygens (including phenoxy) is 2. The second-order valence-corrected chi connectivity index (χ2v) is 9.83. The third kappa shape index (κ3) is 4.19. The molecule has 2 saturated heterocycles. The lowest BCUT2D eigenvalue weighted by Crippen LogP contribution is -2.60. The summed E-state index contributed by atoms with van der Waals surface area (Å²) in [6.07, 6.45) is 4.82. The number of rotatable bonds is 8. The molecular formula is C22H28BFN6O3S. The molecule has 4 atom stereocenters. The molecule has 34 heavy (non-hydrogen) atoms. The van der Waals surface area contributed by atoms with Gasteiger partial charge in [0, 0.05) is 38.0 Å². The molecule has 9 nitrogen and oxygen atoms in total. The number of methoxy groups -OCH3 is 1. The Morgan fingerprint density at radius 3 is 2.91 bits per heavy atom. The van der Waals surface area contributed by atoms with Crippen molar-refractivity contribution in [3.8, 4) is 27.4 Å². The van der Waals surface area contributed by atoms with E-state index in [1.165, 1.54) is 11.3 Å². The van der Waals surface area contributed by atoms with Crippen LogP contribution in [0.15, 0.2) is 30.6 Å². The molecule has 4 heterocycles. The number of nitrogens with one attached hydrogen (secondary N) is 1. The number of nitrogens with zero attached hydrogens (tertiary/aromatic N) is 5. The van der Waals surface area contributed by atoms with E-state index in [2.05, 4.69) is 20.4 Å². The summed E-state index contributed by atoms with van der Waals surface area (Å²) in [7, 11) is 2.82. The molecule has 2 N–H and O–H groups in total. The quantitative estimate of drug-likeness (QED) is 0.370. The van der Waals surface area contributed by atoms with Gasteiger partial charge in [-0.15, -0.1) is 10.2 Å². The maximum absolute atomic E-state index is 15.5. The van der Waals surface area contributed by atoms with Gasteiger partial charge in [-0.1, -0.05) is 17.4 Å². The van der Waals surface area contributed by atoms with Crippen LogP contribution >= 0.6 is 11.3 Å². The Balaban J connectivity index is 1.39. The summed E-state index contributed by atoms with van der Waals surface area (Å²) in [5.41, 5.74) is 2.69. The van der Waals surface area contributed by atoms with E-state index in [4.69, 9.17) is 9.47 Å². The summed E-state index contributed by atoms with van der Waals surface area (Å²) in [4.78, 5) is 3.84. The van der Waals surface area contributed by atoms with Crippen LogP contribution in [0, 0.1) is 0 Å². The van der Waals surface area contributed by atoms with Crippen molar-refractivity contribution in [2.75, 3.05) is 25.9 Å². The number of alkyl halides is 1. The summed E-state index contributed by atoms with van der Waals surface area (Å²) in [5.74, 6) is 0.623. The summed E-state index contributed by atoms with van der Waals surface area (Å²) >= 11 is 1.41. The molecule has 2 fully saturated rings. The molecule has 0 spiro atoms. The Morgan fingerprint density at radius 2 is 2.18 bits per heavy atom. The number of hydrogen-bond donors (Lipinski definition) is 2. The van der Waals surface area contributed by atoms with E-state index in [0.717, 1.165) is 29.5 Å². The van der Waals surface area contributed by atoms with Crippen molar-refractivity contribution in [2.45, 2.75) is 50.4 Å². The van der Waals surface area contributed by atoms with E-state index in [-0.39, 0.29) is 24.9 Å². The second kappa shape index (κ2) is 9.61. The zero-order chi connectivity index (χ0) is 23.8. The van der Waals surface area contributed by atoms with E-state index in [1.807, 2.05) is 41.2 Å². The maximum Gasteiger partial charge on any atom is 0.376 e. The predicted molar refractivity (Wildman–Crippen MR) is 130 cm³/mol. The van der Waals surface area contributed by atoms with Crippen molar-refractivity contribution in [3.05, 3.63) is 30.6 Å². The smallest absolute Gasteiger partial charge is 0.376 e. The molecule has 0 saturated carbocycles. The van der Waals surface area contributed by atoms with E-state index in [1.54, 1.807) is 20.1 Å². The van der Waals surface area contributed by atoms with Crippen LogP contribution < -0.4 is 9.64 Å². The van der Waals surface area contributed by atoms with Gasteiger partial charge in [0.15, 0.2) is 11.8 Å². The van der Waals surface area contributed by atoms with Crippen LogP contribution in [0.4, 0.5) is 9.52 Å². The van der Waals surface area contributed by atoms with Crippen LogP contribution in [0.25, 0.3) is 21.7 Å². The number of piperidine rings is 1. The highest BCUT2D eigenvalue weighted by molar-refractivity contribution is 7.18. The minimum Gasteiger partial charge on any atom is -0.467 e. The average Bonchev–Trinajstić information content (AvgIpc) is 3.59. The van der Waals surface area contributed by atoms with Gasteiger partial charge in [-0.25, -0.2) is 4.39 Å². The number of hydrogen-bond acceptors (Lipinski definition) is 9. The third-order valence-corrected chi connectivity index (χ3v) is 7.92. The highest BCUT2D eigenvalue weighted by Gasteiger charge is 2.51. The van der Waals surface area contributed by atoms with E-state index in [0.29, 0.717) is 22.3 Å². The summed E-state index contributed by atoms with van der Waals surface area (Å²) < 4.78 is 26.5. The fourth-order valence-electron chi connectivity index (χ4n) is 5.25. The maximum atomic E-state index is 15.5. The Hall–Kier alpha value is -2.54. The van der Waals surface area contributed by atoms with Crippen LogP contribution in [-0.4, -0.2) is 82.5 Å². The first kappa shape index (κ1) is 23.2. The molecule has 12 heteroatoms. The molecule has 180 valence electrons. The lowest BCUT2D eigenvalue weighted by molar-refractivity contribution is 0.0516. The Morgan fingerprint density at radius 1 is 1.32 bits per heavy atom. The van der Waals surface area contributed by atoms with Gasteiger partial charge in [-0.05, 0) is 43.8 Å². The molecule has 2 bridgehead atoms. The van der Waals surface area contributed by atoms with Crippen molar-refractivity contribution in [1.82, 2.24) is 25.2 Å². The van der Waals surface area contributed by atoms with Gasteiger partial charge < -0.3 is 24.2 Å². The highest BCUT2D eigenvalue weighted by atomic mass is 32.1. The van der Waals surface area contributed by atoms with Crippen molar-refractivity contribution < 1.29 is 18.9 Å². The molecule has 3 aromatic rings. The van der Waals surface area contributed by atoms with Crippen LogP contribution in [0.1, 0.15) is 19.3 Å². The molecule has 5 rings (SSSR count). The minimum absolute atomic E-state index is 0.0988.